The van der Waals surface area contributed by atoms with Crippen LogP contribution in [0.4, 0.5) is 15.8 Å². The van der Waals surface area contributed by atoms with E-state index >= 15 is 0 Å². The van der Waals surface area contributed by atoms with Crippen LogP contribution in [0.5, 0.6) is 5.75 Å². The fraction of sp³-hybridized carbons (Fsp3) is 0.207. The molecule has 40 heavy (non-hydrogen) atoms. The van der Waals surface area contributed by atoms with Crippen molar-refractivity contribution < 1.29 is 24.5 Å². The first-order valence-corrected chi connectivity index (χ1v) is 12.2. The molecule has 11 heteroatoms. The smallest absolute Gasteiger partial charge is 0.274 e. The quantitative estimate of drug-likeness (QED) is 0.319. The number of aliphatic hydroxyl groups excluding tert-OH is 1. The molecule has 4 aromatic rings. The van der Waals surface area contributed by atoms with Crippen LogP contribution in [0.1, 0.15) is 28.0 Å². The van der Waals surface area contributed by atoms with E-state index in [0.29, 0.717) is 41.0 Å². The van der Waals surface area contributed by atoms with E-state index < -0.39 is 36.1 Å². The molecule has 5 rings (SSSR count). The third-order valence-corrected chi connectivity index (χ3v) is 6.59. The molecule has 0 aliphatic carbocycles. The number of aliphatic hydroxyl groups is 1. The van der Waals surface area contributed by atoms with E-state index in [0.717, 1.165) is 12.1 Å². The maximum absolute atomic E-state index is 14.9. The van der Waals surface area contributed by atoms with Gasteiger partial charge in [-0.25, -0.2) is 14.4 Å². The molecule has 0 saturated carbocycles. The molecule has 0 spiro atoms. The van der Waals surface area contributed by atoms with Crippen LogP contribution >= 0.6 is 0 Å². The summed E-state index contributed by atoms with van der Waals surface area (Å²) >= 11 is 0. The number of pyridine rings is 1. The lowest BCUT2D eigenvalue weighted by atomic mass is 10.0. The third-order valence-electron chi connectivity index (χ3n) is 6.59. The van der Waals surface area contributed by atoms with Gasteiger partial charge in [-0.15, -0.1) is 0 Å². The van der Waals surface area contributed by atoms with E-state index in [-0.39, 0.29) is 30.2 Å². The first kappa shape index (κ1) is 22.0. The summed E-state index contributed by atoms with van der Waals surface area (Å²) in [6.07, 6.45) is 4.79. The molecule has 1 fully saturated rings. The third kappa shape index (κ3) is 5.18. The van der Waals surface area contributed by atoms with Gasteiger partial charge >= 0.3 is 0 Å². The summed E-state index contributed by atoms with van der Waals surface area (Å²) in [6, 6.07) is 11.2. The number of anilines is 2. The van der Waals surface area contributed by atoms with Crippen LogP contribution in [0.3, 0.4) is 0 Å². The van der Waals surface area contributed by atoms with E-state index in [4.69, 9.17) is 16.0 Å². The van der Waals surface area contributed by atoms with E-state index in [2.05, 4.69) is 26.3 Å². The van der Waals surface area contributed by atoms with Crippen LogP contribution in [0, 0.1) is 17.1 Å². The van der Waals surface area contributed by atoms with Gasteiger partial charge in [0.15, 0.2) is 5.82 Å². The molecule has 2 aromatic carbocycles. The average Bonchev–Trinajstić information content (AvgIpc) is 3.39. The lowest BCUT2D eigenvalue weighted by Crippen LogP contribution is -2.33. The Morgan fingerprint density at radius 1 is 1.38 bits per heavy atom. The van der Waals surface area contributed by atoms with Crippen LogP contribution in [0.15, 0.2) is 67.1 Å². The number of rotatable bonds is 7. The van der Waals surface area contributed by atoms with Crippen LogP contribution in [-0.4, -0.2) is 58.2 Å². The Bertz CT molecular complexity index is 1770. The van der Waals surface area contributed by atoms with Crippen molar-refractivity contribution in [2.75, 3.05) is 30.4 Å². The van der Waals surface area contributed by atoms with Gasteiger partial charge in [-0.3, -0.25) is 9.78 Å². The molecular weight excluding hydrogens is 513 g/mol. The SMILES string of the molecule is [2H]c1ccc(F)c(-c2nccc(C(=O)Nc3ccc(-c4cnccc4C#N)cc3N3C[C@@H](N)C[C@H]3CO)n2)c1OC([2H])([2H])[2H]. The maximum atomic E-state index is 14.9. The van der Waals surface area contributed by atoms with E-state index in [1.807, 2.05) is 4.90 Å². The van der Waals surface area contributed by atoms with Gasteiger partial charge in [0.25, 0.3) is 5.91 Å². The minimum atomic E-state index is -2.98. The standard InChI is InChI=1S/C29H26FN7O3/c1-40-26-4-2-3-22(30)27(26)28-34-10-8-24(35-28)29(39)36-23-6-5-17(21-14-33-9-7-18(21)13-31)11-25(23)37-15-19(32)12-20(37)16-38/h2-11,14,19-20,38H,12,15-16,32H2,1H3,(H,36,39)/t19-,20-/m0/s1/i1D3,4D. The van der Waals surface area contributed by atoms with E-state index in [1.54, 1.807) is 30.5 Å². The molecule has 4 N–H and O–H groups in total. The van der Waals surface area contributed by atoms with Crippen molar-refractivity contribution >= 4 is 17.3 Å². The summed E-state index contributed by atoms with van der Waals surface area (Å²) in [5, 5.41) is 22.5. The number of nitrogens with one attached hydrogen (secondary N) is 1. The van der Waals surface area contributed by atoms with Gasteiger partial charge in [-0.1, -0.05) is 12.1 Å². The zero-order chi connectivity index (χ0) is 31.6. The Morgan fingerprint density at radius 3 is 3.05 bits per heavy atom. The number of carbonyl (C=O) groups excluding carboxylic acids is 1. The van der Waals surface area contributed by atoms with Gasteiger partial charge in [-0.05, 0) is 48.4 Å². The van der Waals surface area contributed by atoms with Crippen molar-refractivity contribution in [1.82, 2.24) is 15.0 Å². The Kier molecular flexibility index (Phi) is 6.28. The zero-order valence-electron chi connectivity index (χ0n) is 25.0. The number of amides is 1. The highest BCUT2D eigenvalue weighted by molar-refractivity contribution is 6.05. The number of nitrogens with zero attached hydrogens (tertiary/aromatic N) is 5. The first-order chi connectivity index (χ1) is 21.0. The van der Waals surface area contributed by atoms with Crippen molar-refractivity contribution in [3.8, 4) is 34.3 Å². The fourth-order valence-electron chi connectivity index (χ4n) is 4.72. The molecule has 1 saturated heterocycles. The van der Waals surface area contributed by atoms with Gasteiger partial charge in [0, 0.05) is 36.7 Å². The van der Waals surface area contributed by atoms with E-state index in [1.165, 1.54) is 18.5 Å². The Morgan fingerprint density at radius 2 is 2.25 bits per heavy atom. The second-order valence-corrected chi connectivity index (χ2v) is 9.10. The molecule has 1 aliphatic rings. The van der Waals surface area contributed by atoms with Gasteiger partial charge in [-0.2, -0.15) is 5.26 Å². The number of halogens is 1. The van der Waals surface area contributed by atoms with Crippen molar-refractivity contribution in [3.63, 3.8) is 0 Å². The lowest BCUT2D eigenvalue weighted by molar-refractivity contribution is 0.102. The second kappa shape index (κ2) is 11.4. The first-order valence-electron chi connectivity index (χ1n) is 14.2. The molecule has 1 aliphatic heterocycles. The monoisotopic (exact) mass is 543 g/mol. The zero-order valence-corrected chi connectivity index (χ0v) is 21.0. The molecule has 0 radical (unpaired) electrons. The van der Waals surface area contributed by atoms with Gasteiger partial charge in [0.05, 0.1) is 53.7 Å². The summed E-state index contributed by atoms with van der Waals surface area (Å²) in [4.78, 5) is 27.7. The fourth-order valence-corrected chi connectivity index (χ4v) is 4.72. The summed E-state index contributed by atoms with van der Waals surface area (Å²) < 4.78 is 50.1. The topological polar surface area (TPSA) is 150 Å². The highest BCUT2D eigenvalue weighted by Gasteiger charge is 2.32. The molecule has 10 nitrogen and oxygen atoms in total. The summed E-state index contributed by atoms with van der Waals surface area (Å²) in [7, 11) is -2.98. The number of carbonyl (C=O) groups is 1. The number of hydrogen-bond donors (Lipinski definition) is 3. The number of nitriles is 1. The molecule has 2 atom stereocenters. The predicted molar refractivity (Wildman–Crippen MR) is 147 cm³/mol. The Labute approximate surface area is 235 Å². The van der Waals surface area contributed by atoms with Gasteiger partial charge in [0.2, 0.25) is 0 Å². The number of ether oxygens (including phenoxy) is 1. The van der Waals surface area contributed by atoms with Gasteiger partial charge < -0.3 is 25.8 Å². The lowest BCUT2D eigenvalue weighted by Gasteiger charge is -2.28. The summed E-state index contributed by atoms with van der Waals surface area (Å²) in [5.74, 6) is -2.59. The van der Waals surface area contributed by atoms with Crippen molar-refractivity contribution in [3.05, 3.63) is 84.2 Å². The van der Waals surface area contributed by atoms with Crippen LogP contribution < -0.4 is 20.7 Å². The number of benzene rings is 2. The minimum Gasteiger partial charge on any atom is -0.496 e. The molecule has 0 bridgehead atoms. The van der Waals surface area contributed by atoms with Crippen molar-refractivity contribution in [2.45, 2.75) is 18.5 Å². The summed E-state index contributed by atoms with van der Waals surface area (Å²) in [5.41, 5.74) is 8.06. The second-order valence-electron chi connectivity index (χ2n) is 9.10. The number of aromatic nitrogens is 3. The average molecular weight is 544 g/mol. The highest BCUT2D eigenvalue weighted by Crippen LogP contribution is 2.37. The maximum Gasteiger partial charge on any atom is 0.274 e. The normalized spacial score (nSPS) is 18.2. The van der Waals surface area contributed by atoms with Crippen LogP contribution in [0.2, 0.25) is 0 Å². The number of nitrogens with two attached hydrogens (primary N) is 1. The number of hydrogen-bond acceptors (Lipinski definition) is 9. The van der Waals surface area contributed by atoms with Gasteiger partial charge in [0.1, 0.15) is 17.3 Å². The molecule has 202 valence electrons. The summed E-state index contributed by atoms with van der Waals surface area (Å²) in [6.45, 7) is 0.209. The highest BCUT2D eigenvalue weighted by atomic mass is 19.1. The van der Waals surface area contributed by atoms with Crippen molar-refractivity contribution in [1.29, 1.82) is 5.26 Å². The van der Waals surface area contributed by atoms with Crippen LogP contribution in [-0.2, 0) is 0 Å². The number of methoxy groups -OCH3 is 1. The Hall–Kier alpha value is -4.92. The van der Waals surface area contributed by atoms with Crippen LogP contribution in [0.25, 0.3) is 22.5 Å². The molecule has 3 heterocycles. The van der Waals surface area contributed by atoms with Crippen molar-refractivity contribution in [2.24, 2.45) is 5.73 Å². The predicted octanol–water partition coefficient (Wildman–Crippen LogP) is 3.38. The largest absolute Gasteiger partial charge is 0.496 e. The Balaban J connectivity index is 1.54. The van der Waals surface area contributed by atoms with E-state index in [9.17, 15) is 19.6 Å². The minimum absolute atomic E-state index is 0.182. The molecular formula is C29H26FN7O3. The molecule has 0 unspecified atom stereocenters. The molecule has 1 amide bonds. The molecule has 2 aromatic heterocycles.